The zero-order valence-corrected chi connectivity index (χ0v) is 14.9. The van der Waals surface area contributed by atoms with E-state index in [4.69, 9.17) is 0 Å². The van der Waals surface area contributed by atoms with Gasteiger partial charge in [-0.05, 0) is 37.7 Å². The molecule has 0 N–H and O–H groups in total. The van der Waals surface area contributed by atoms with Gasteiger partial charge in [0.1, 0.15) is 0 Å². The first-order valence-electron chi connectivity index (χ1n) is 7.09. The number of carbonyl (C=O) groups is 1. The molecular formula is C15H17N3OS3. The lowest BCUT2D eigenvalue weighted by molar-refractivity contribution is -0.116. The van der Waals surface area contributed by atoms with Crippen molar-refractivity contribution in [2.24, 2.45) is 0 Å². The Morgan fingerprint density at radius 1 is 1.36 bits per heavy atom. The summed E-state index contributed by atoms with van der Waals surface area (Å²) in [6.07, 6.45) is 4.04. The van der Waals surface area contributed by atoms with E-state index in [9.17, 15) is 4.79 Å². The van der Waals surface area contributed by atoms with Crippen molar-refractivity contribution in [2.45, 2.75) is 34.5 Å². The molecule has 2 heterocycles. The highest BCUT2D eigenvalue weighted by atomic mass is 32.2. The molecule has 0 saturated heterocycles. The van der Waals surface area contributed by atoms with Crippen molar-refractivity contribution >= 4 is 46.5 Å². The van der Waals surface area contributed by atoms with E-state index in [0.717, 1.165) is 27.2 Å². The summed E-state index contributed by atoms with van der Waals surface area (Å²) in [5.41, 5.74) is 2.33. The Morgan fingerprint density at radius 2 is 2.14 bits per heavy atom. The normalized spacial score (nSPS) is 17.4. The first-order chi connectivity index (χ1) is 10.7. The van der Waals surface area contributed by atoms with Crippen LogP contribution in [0, 0.1) is 0 Å². The van der Waals surface area contributed by atoms with E-state index in [-0.39, 0.29) is 11.9 Å². The van der Waals surface area contributed by atoms with Gasteiger partial charge in [-0.1, -0.05) is 53.1 Å². The van der Waals surface area contributed by atoms with Crippen LogP contribution in [0.3, 0.4) is 0 Å². The van der Waals surface area contributed by atoms with Gasteiger partial charge in [0.15, 0.2) is 8.68 Å². The molecule has 0 bridgehead atoms. The fourth-order valence-corrected chi connectivity index (χ4v) is 4.90. The van der Waals surface area contributed by atoms with E-state index >= 15 is 0 Å². The summed E-state index contributed by atoms with van der Waals surface area (Å²) in [4.78, 5) is 14.6. The Labute approximate surface area is 142 Å². The molecule has 1 aromatic carbocycles. The second kappa shape index (κ2) is 7.02. The Balaban J connectivity index is 1.71. The lowest BCUT2D eigenvalue weighted by Crippen LogP contribution is -2.43. The molecule has 1 aliphatic heterocycles. The minimum absolute atomic E-state index is 0.144. The molecule has 7 heteroatoms. The standard InChI is InChI=1S/C15H17N3OS3/c1-10-7-8-11-5-3-4-6-12(11)18(10)13(19)9-21-15-17-16-14(20-2)22-15/h3-6,10H,7-9H2,1-2H3. The first kappa shape index (κ1) is 15.8. The molecule has 4 nitrogen and oxygen atoms in total. The van der Waals surface area contributed by atoms with Gasteiger partial charge in [0.25, 0.3) is 0 Å². The highest BCUT2D eigenvalue weighted by Gasteiger charge is 2.27. The number of thioether (sulfide) groups is 2. The maximum atomic E-state index is 12.7. The van der Waals surface area contributed by atoms with Gasteiger partial charge in [-0.3, -0.25) is 4.79 Å². The van der Waals surface area contributed by atoms with E-state index in [0.29, 0.717) is 5.75 Å². The van der Waals surface area contributed by atoms with Gasteiger partial charge in [-0.2, -0.15) is 0 Å². The SMILES string of the molecule is CSc1nnc(SCC(=O)N2c3ccccc3CCC2C)s1. The van der Waals surface area contributed by atoms with Crippen LogP contribution < -0.4 is 4.90 Å². The van der Waals surface area contributed by atoms with Crippen LogP contribution in [0.25, 0.3) is 0 Å². The summed E-state index contributed by atoms with van der Waals surface area (Å²) in [7, 11) is 0. The topological polar surface area (TPSA) is 46.1 Å². The molecule has 1 atom stereocenters. The number of anilines is 1. The van der Waals surface area contributed by atoms with Crippen molar-refractivity contribution in [3.63, 3.8) is 0 Å². The molecule has 0 radical (unpaired) electrons. The molecule has 0 saturated carbocycles. The summed E-state index contributed by atoms with van der Waals surface area (Å²) in [5.74, 6) is 0.548. The number of aromatic nitrogens is 2. The quantitative estimate of drug-likeness (QED) is 0.786. The number of nitrogens with zero attached hydrogens (tertiary/aromatic N) is 3. The lowest BCUT2D eigenvalue weighted by atomic mass is 9.97. The van der Waals surface area contributed by atoms with E-state index in [1.807, 2.05) is 29.4 Å². The van der Waals surface area contributed by atoms with Crippen LogP contribution in [0.1, 0.15) is 18.9 Å². The summed E-state index contributed by atoms with van der Waals surface area (Å²) in [6.45, 7) is 2.12. The van der Waals surface area contributed by atoms with Crippen molar-refractivity contribution in [2.75, 3.05) is 16.9 Å². The molecule has 0 fully saturated rings. The maximum Gasteiger partial charge on any atom is 0.237 e. The largest absolute Gasteiger partial charge is 0.309 e. The smallest absolute Gasteiger partial charge is 0.237 e. The van der Waals surface area contributed by atoms with Crippen molar-refractivity contribution in [3.8, 4) is 0 Å². The summed E-state index contributed by atoms with van der Waals surface area (Å²) < 4.78 is 1.79. The van der Waals surface area contributed by atoms with E-state index in [1.165, 1.54) is 17.3 Å². The molecule has 3 rings (SSSR count). The van der Waals surface area contributed by atoms with Crippen LogP contribution in [0.2, 0.25) is 0 Å². The second-order valence-electron chi connectivity index (χ2n) is 5.11. The van der Waals surface area contributed by atoms with Gasteiger partial charge < -0.3 is 4.90 Å². The van der Waals surface area contributed by atoms with Gasteiger partial charge >= 0.3 is 0 Å². The highest BCUT2D eigenvalue weighted by Crippen LogP contribution is 2.32. The van der Waals surface area contributed by atoms with E-state index in [1.54, 1.807) is 23.1 Å². The fourth-order valence-electron chi connectivity index (χ4n) is 2.60. The van der Waals surface area contributed by atoms with Crippen LogP contribution >= 0.6 is 34.9 Å². The van der Waals surface area contributed by atoms with Crippen molar-refractivity contribution in [1.29, 1.82) is 0 Å². The molecule has 0 aliphatic carbocycles. The van der Waals surface area contributed by atoms with Gasteiger partial charge in [-0.15, -0.1) is 10.2 Å². The van der Waals surface area contributed by atoms with E-state index < -0.39 is 0 Å². The number of aryl methyl sites for hydroxylation is 1. The molecule has 1 amide bonds. The zero-order chi connectivity index (χ0) is 15.5. The third-order valence-electron chi connectivity index (χ3n) is 3.67. The molecule has 1 aromatic heterocycles. The van der Waals surface area contributed by atoms with Gasteiger partial charge in [-0.25, -0.2) is 0 Å². The Hall–Kier alpha value is -1.05. The van der Waals surface area contributed by atoms with Crippen LogP contribution in [-0.4, -0.2) is 34.2 Å². The Bertz CT molecular complexity index is 674. The lowest BCUT2D eigenvalue weighted by Gasteiger charge is -2.35. The van der Waals surface area contributed by atoms with Gasteiger partial charge in [0.05, 0.1) is 5.75 Å². The number of fused-ring (bicyclic) bond motifs is 1. The van der Waals surface area contributed by atoms with Crippen molar-refractivity contribution in [3.05, 3.63) is 29.8 Å². The molecule has 2 aromatic rings. The van der Waals surface area contributed by atoms with Crippen LogP contribution in [0.4, 0.5) is 5.69 Å². The molecule has 1 unspecified atom stereocenters. The number of hydrogen-bond donors (Lipinski definition) is 0. The summed E-state index contributed by atoms with van der Waals surface area (Å²) >= 11 is 4.60. The number of amides is 1. The zero-order valence-electron chi connectivity index (χ0n) is 12.5. The highest BCUT2D eigenvalue weighted by molar-refractivity contribution is 8.03. The third kappa shape index (κ3) is 3.31. The van der Waals surface area contributed by atoms with Gasteiger partial charge in [0, 0.05) is 11.7 Å². The number of rotatable bonds is 4. The number of carbonyl (C=O) groups excluding carboxylic acids is 1. The average molecular weight is 352 g/mol. The molecule has 116 valence electrons. The van der Waals surface area contributed by atoms with Crippen molar-refractivity contribution < 1.29 is 4.79 Å². The van der Waals surface area contributed by atoms with Crippen LogP contribution in [0.15, 0.2) is 32.9 Å². The minimum Gasteiger partial charge on any atom is -0.309 e. The molecule has 1 aliphatic rings. The Morgan fingerprint density at radius 3 is 2.91 bits per heavy atom. The minimum atomic E-state index is 0.144. The monoisotopic (exact) mass is 351 g/mol. The summed E-state index contributed by atoms with van der Waals surface area (Å²) in [5, 5.41) is 8.17. The predicted octanol–water partition coefficient (Wildman–Crippen LogP) is 3.72. The third-order valence-corrected chi connectivity index (χ3v) is 6.69. The molecule has 22 heavy (non-hydrogen) atoms. The van der Waals surface area contributed by atoms with Crippen molar-refractivity contribution in [1.82, 2.24) is 10.2 Å². The maximum absolute atomic E-state index is 12.7. The molecular weight excluding hydrogens is 334 g/mol. The predicted molar refractivity (Wildman–Crippen MR) is 94.1 cm³/mol. The fraction of sp³-hybridized carbons (Fsp3) is 0.400. The number of para-hydroxylation sites is 1. The molecule has 0 spiro atoms. The number of benzene rings is 1. The van der Waals surface area contributed by atoms with Crippen LogP contribution in [-0.2, 0) is 11.2 Å². The first-order valence-corrected chi connectivity index (χ1v) is 10.1. The number of hydrogen-bond acceptors (Lipinski definition) is 6. The second-order valence-corrected chi connectivity index (χ2v) is 8.36. The summed E-state index contributed by atoms with van der Waals surface area (Å²) in [6, 6.07) is 8.45. The van der Waals surface area contributed by atoms with Crippen LogP contribution in [0.5, 0.6) is 0 Å². The average Bonchev–Trinajstić information content (AvgIpc) is 3.00. The Kier molecular flexibility index (Phi) is 5.05. The van der Waals surface area contributed by atoms with Gasteiger partial charge in [0.2, 0.25) is 5.91 Å². The van der Waals surface area contributed by atoms with E-state index in [2.05, 4.69) is 23.2 Å².